The highest BCUT2D eigenvalue weighted by atomic mass is 16.1. The van der Waals surface area contributed by atoms with Crippen LogP contribution < -0.4 is 11.1 Å². The van der Waals surface area contributed by atoms with E-state index in [-0.39, 0.29) is 0 Å². The second-order valence-corrected chi connectivity index (χ2v) is 6.84. The maximum Gasteiger partial charge on any atom is 0.254 e. The van der Waals surface area contributed by atoms with Gasteiger partial charge in [0.25, 0.3) is 5.91 Å². The average molecular weight is 361 g/mol. The van der Waals surface area contributed by atoms with Gasteiger partial charge in [-0.25, -0.2) is 9.97 Å². The summed E-state index contributed by atoms with van der Waals surface area (Å²) in [6.45, 7) is 0. The first-order chi connectivity index (χ1) is 13.2. The van der Waals surface area contributed by atoms with Crippen LogP contribution in [0.2, 0.25) is 0 Å². The maximum atomic E-state index is 11.8. The van der Waals surface area contributed by atoms with Crippen molar-refractivity contribution in [1.82, 2.24) is 24.1 Å². The summed E-state index contributed by atoms with van der Waals surface area (Å²) < 4.78 is 3.84. The van der Waals surface area contributed by atoms with Crippen molar-refractivity contribution < 1.29 is 4.79 Å². The number of primary amides is 1. The first-order valence-corrected chi connectivity index (χ1v) is 8.99. The van der Waals surface area contributed by atoms with Crippen molar-refractivity contribution in [3.63, 3.8) is 0 Å². The highest BCUT2D eigenvalue weighted by Crippen LogP contribution is 2.38. The van der Waals surface area contributed by atoms with Gasteiger partial charge in [0.15, 0.2) is 5.65 Å². The number of nitrogens with zero attached hydrogens (tertiary/aromatic N) is 5. The molecule has 4 aromatic heterocycles. The molecule has 3 N–H and O–H groups in total. The van der Waals surface area contributed by atoms with Crippen LogP contribution in [-0.4, -0.2) is 37.1 Å². The summed E-state index contributed by atoms with van der Waals surface area (Å²) in [6.07, 6.45) is 8.98. The Kier molecular flexibility index (Phi) is 3.40. The first-order valence-electron chi connectivity index (χ1n) is 8.99. The largest absolute Gasteiger partial charge is 0.373 e. The van der Waals surface area contributed by atoms with E-state index < -0.39 is 5.91 Å². The van der Waals surface area contributed by atoms with Gasteiger partial charge in [-0.2, -0.15) is 9.61 Å². The third kappa shape index (κ3) is 2.29. The van der Waals surface area contributed by atoms with Gasteiger partial charge in [-0.05, 0) is 31.4 Å². The average Bonchev–Trinajstić information content (AvgIpc) is 3.22. The molecular formula is C19H19N7O. The summed E-state index contributed by atoms with van der Waals surface area (Å²) in [5.41, 5.74) is 8.95. The molecule has 5 rings (SSSR count). The van der Waals surface area contributed by atoms with E-state index in [4.69, 9.17) is 10.7 Å². The van der Waals surface area contributed by atoms with Gasteiger partial charge < -0.3 is 15.6 Å². The molecular weight excluding hydrogens is 342 g/mol. The zero-order valence-corrected chi connectivity index (χ0v) is 14.9. The molecule has 4 heterocycles. The number of pyridine rings is 1. The van der Waals surface area contributed by atoms with Crippen LogP contribution in [0.3, 0.4) is 0 Å². The Labute approximate surface area is 155 Å². The first kappa shape index (κ1) is 15.8. The molecule has 0 atom stereocenters. The third-order valence-corrected chi connectivity index (χ3v) is 5.33. The normalized spacial score (nSPS) is 14.6. The van der Waals surface area contributed by atoms with Crippen LogP contribution in [0, 0.1) is 0 Å². The van der Waals surface area contributed by atoms with Gasteiger partial charge >= 0.3 is 0 Å². The summed E-state index contributed by atoms with van der Waals surface area (Å²) in [6, 6.07) is 6.41. The minimum atomic E-state index is -0.546. The number of nitrogens with two attached hydrogens (primary N) is 1. The Morgan fingerprint density at radius 1 is 1.33 bits per heavy atom. The van der Waals surface area contributed by atoms with Gasteiger partial charge in [-0.15, -0.1) is 0 Å². The zero-order valence-electron chi connectivity index (χ0n) is 14.9. The van der Waals surface area contributed by atoms with E-state index in [0.29, 0.717) is 17.3 Å². The van der Waals surface area contributed by atoms with E-state index in [1.54, 1.807) is 4.52 Å². The zero-order chi connectivity index (χ0) is 18.5. The molecule has 1 aliphatic rings. The van der Waals surface area contributed by atoms with Crippen LogP contribution in [0.1, 0.15) is 35.7 Å². The fourth-order valence-corrected chi connectivity index (χ4v) is 3.68. The van der Waals surface area contributed by atoms with Gasteiger partial charge in [0, 0.05) is 42.5 Å². The predicted molar refractivity (Wildman–Crippen MR) is 103 cm³/mol. The highest BCUT2D eigenvalue weighted by molar-refractivity contribution is 6.00. The number of carbonyl (C=O) groups is 1. The maximum absolute atomic E-state index is 11.8. The number of amides is 1. The third-order valence-electron chi connectivity index (χ3n) is 5.33. The number of anilines is 1. The van der Waals surface area contributed by atoms with Crippen molar-refractivity contribution in [1.29, 1.82) is 0 Å². The second kappa shape index (κ2) is 5.80. The van der Waals surface area contributed by atoms with Gasteiger partial charge in [-0.1, -0.05) is 0 Å². The number of hydrogen-bond donors (Lipinski definition) is 2. The Morgan fingerprint density at radius 2 is 2.19 bits per heavy atom. The smallest absolute Gasteiger partial charge is 0.254 e. The lowest BCUT2D eigenvalue weighted by molar-refractivity contribution is 0.100. The van der Waals surface area contributed by atoms with Crippen LogP contribution in [0.15, 0.2) is 36.8 Å². The van der Waals surface area contributed by atoms with E-state index in [0.717, 1.165) is 28.1 Å². The van der Waals surface area contributed by atoms with E-state index in [1.807, 2.05) is 25.4 Å². The Hall–Kier alpha value is -3.42. The molecule has 0 bridgehead atoms. The lowest BCUT2D eigenvalue weighted by atomic mass is 9.93. The number of rotatable bonds is 4. The predicted octanol–water partition coefficient (Wildman–Crippen LogP) is 2.61. The summed E-state index contributed by atoms with van der Waals surface area (Å²) in [7, 11) is 1.81. The summed E-state index contributed by atoms with van der Waals surface area (Å²) in [5, 5.41) is 8.40. The summed E-state index contributed by atoms with van der Waals surface area (Å²) in [4.78, 5) is 21.1. The molecule has 8 nitrogen and oxygen atoms in total. The van der Waals surface area contributed by atoms with Crippen molar-refractivity contribution in [2.45, 2.75) is 25.3 Å². The van der Waals surface area contributed by atoms with Gasteiger partial charge in [0.05, 0.1) is 11.9 Å². The van der Waals surface area contributed by atoms with Crippen molar-refractivity contribution in [3.8, 4) is 11.3 Å². The SMILES string of the molecule is CNc1cc(-c2cn(C3CCC3)c3ncccc23)nc2c(C(N)=O)cnn12. The molecule has 0 unspecified atom stereocenters. The van der Waals surface area contributed by atoms with Crippen molar-refractivity contribution in [2.75, 3.05) is 12.4 Å². The summed E-state index contributed by atoms with van der Waals surface area (Å²) in [5.74, 6) is 0.186. The Morgan fingerprint density at radius 3 is 2.89 bits per heavy atom. The molecule has 1 saturated carbocycles. The summed E-state index contributed by atoms with van der Waals surface area (Å²) >= 11 is 0. The number of carbonyl (C=O) groups excluding carboxylic acids is 1. The molecule has 136 valence electrons. The lowest BCUT2D eigenvalue weighted by Crippen LogP contribution is -2.16. The fourth-order valence-electron chi connectivity index (χ4n) is 3.68. The van der Waals surface area contributed by atoms with E-state index >= 15 is 0 Å². The Balaban J connectivity index is 1.78. The van der Waals surface area contributed by atoms with E-state index in [1.165, 1.54) is 25.5 Å². The molecule has 0 spiro atoms. The molecule has 4 aromatic rings. The van der Waals surface area contributed by atoms with E-state index in [2.05, 4.69) is 32.2 Å². The Bertz CT molecular complexity index is 1190. The van der Waals surface area contributed by atoms with Crippen molar-refractivity contribution in [3.05, 3.63) is 42.4 Å². The second-order valence-electron chi connectivity index (χ2n) is 6.84. The van der Waals surface area contributed by atoms with Gasteiger partial charge in [-0.3, -0.25) is 4.79 Å². The minimum Gasteiger partial charge on any atom is -0.373 e. The van der Waals surface area contributed by atoms with Crippen LogP contribution >= 0.6 is 0 Å². The number of nitrogens with one attached hydrogen (secondary N) is 1. The molecule has 0 radical (unpaired) electrons. The fraction of sp³-hybridized carbons (Fsp3) is 0.263. The molecule has 1 amide bonds. The molecule has 8 heteroatoms. The van der Waals surface area contributed by atoms with Crippen LogP contribution in [0.4, 0.5) is 5.82 Å². The highest BCUT2D eigenvalue weighted by Gasteiger charge is 2.24. The van der Waals surface area contributed by atoms with Crippen LogP contribution in [-0.2, 0) is 0 Å². The van der Waals surface area contributed by atoms with Gasteiger partial charge in [0.2, 0.25) is 0 Å². The van der Waals surface area contributed by atoms with Crippen molar-refractivity contribution >= 4 is 28.4 Å². The standard InChI is InChI=1S/C19H19N7O/c1-21-16-8-15(24-19-13(17(20)27)9-23-26(16)19)14-10-25(11-4-2-5-11)18-12(14)6-3-7-22-18/h3,6-11,21H,2,4-5H2,1H3,(H2,20,27). The monoisotopic (exact) mass is 361 g/mol. The number of aromatic nitrogens is 5. The van der Waals surface area contributed by atoms with Crippen LogP contribution in [0.25, 0.3) is 27.9 Å². The van der Waals surface area contributed by atoms with Crippen LogP contribution in [0.5, 0.6) is 0 Å². The molecule has 1 fully saturated rings. The van der Waals surface area contributed by atoms with Gasteiger partial charge in [0.1, 0.15) is 17.0 Å². The quantitative estimate of drug-likeness (QED) is 0.581. The number of fused-ring (bicyclic) bond motifs is 2. The molecule has 0 aromatic carbocycles. The molecule has 27 heavy (non-hydrogen) atoms. The topological polar surface area (TPSA) is 103 Å². The minimum absolute atomic E-state index is 0.300. The van der Waals surface area contributed by atoms with Crippen molar-refractivity contribution in [2.24, 2.45) is 5.73 Å². The lowest BCUT2D eigenvalue weighted by Gasteiger charge is -2.27. The number of hydrogen-bond acceptors (Lipinski definition) is 5. The molecule has 1 aliphatic carbocycles. The molecule has 0 saturated heterocycles. The van der Waals surface area contributed by atoms with E-state index in [9.17, 15) is 4.79 Å². The molecule has 0 aliphatic heterocycles.